The highest BCUT2D eigenvalue weighted by atomic mass is 14.1. The Morgan fingerprint density at radius 3 is 2.05 bits per heavy atom. The van der Waals surface area contributed by atoms with Crippen molar-refractivity contribution in [3.63, 3.8) is 0 Å². The van der Waals surface area contributed by atoms with Gasteiger partial charge in [0, 0.05) is 0 Å². The lowest BCUT2D eigenvalue weighted by atomic mass is 9.91. The predicted octanol–water partition coefficient (Wildman–Crippen LogP) is 6.12. The third-order valence-electron chi connectivity index (χ3n) is 4.06. The Morgan fingerprint density at radius 2 is 1.45 bits per heavy atom. The summed E-state index contributed by atoms with van der Waals surface area (Å²) in [4.78, 5) is 0. The van der Waals surface area contributed by atoms with E-state index >= 15 is 0 Å². The Bertz CT molecular complexity index is 723. The van der Waals surface area contributed by atoms with Crippen molar-refractivity contribution in [2.45, 2.75) is 26.7 Å². The standard InChI is InChI=1S/C22H22/c1-17-8-12-19(13-9-17)16-22(20-6-4-3-5-7-20)21-14-10-18(2)11-15-21/h4,6-16H,3,5H2,1-2H3/b22-16+. The lowest BCUT2D eigenvalue weighted by molar-refractivity contribution is 1.03. The van der Waals surface area contributed by atoms with Crippen LogP contribution in [0.15, 0.2) is 72.3 Å². The average molecular weight is 286 g/mol. The monoisotopic (exact) mass is 286 g/mol. The Labute approximate surface area is 133 Å². The van der Waals surface area contributed by atoms with Crippen molar-refractivity contribution in [3.05, 3.63) is 94.6 Å². The van der Waals surface area contributed by atoms with Crippen molar-refractivity contribution >= 4 is 11.6 Å². The second kappa shape index (κ2) is 6.62. The normalized spacial score (nSPS) is 14.8. The van der Waals surface area contributed by atoms with Gasteiger partial charge in [0.25, 0.3) is 0 Å². The number of aryl methyl sites for hydroxylation is 2. The Kier molecular flexibility index (Phi) is 4.39. The second-order valence-corrected chi connectivity index (χ2v) is 5.97. The molecule has 0 spiro atoms. The molecule has 0 aromatic heterocycles. The number of allylic oxidation sites excluding steroid dienone is 5. The first-order chi connectivity index (χ1) is 10.7. The molecule has 3 rings (SSSR count). The van der Waals surface area contributed by atoms with Crippen LogP contribution in [0.1, 0.15) is 35.1 Å². The number of benzene rings is 2. The average Bonchev–Trinajstić information content (AvgIpc) is 2.56. The third kappa shape index (κ3) is 3.46. The minimum Gasteiger partial charge on any atom is -0.0836 e. The first-order valence-corrected chi connectivity index (χ1v) is 7.95. The lowest BCUT2D eigenvalue weighted by Crippen LogP contribution is -1.92. The summed E-state index contributed by atoms with van der Waals surface area (Å²) in [5.74, 6) is 0. The maximum absolute atomic E-state index is 2.35. The zero-order valence-corrected chi connectivity index (χ0v) is 13.3. The van der Waals surface area contributed by atoms with Gasteiger partial charge in [-0.25, -0.2) is 0 Å². The van der Waals surface area contributed by atoms with E-state index in [4.69, 9.17) is 0 Å². The zero-order valence-electron chi connectivity index (χ0n) is 13.3. The van der Waals surface area contributed by atoms with Gasteiger partial charge in [-0.1, -0.05) is 77.9 Å². The molecule has 1 aliphatic rings. The summed E-state index contributed by atoms with van der Waals surface area (Å²) in [5.41, 5.74) is 7.76. The van der Waals surface area contributed by atoms with Gasteiger partial charge < -0.3 is 0 Å². The Morgan fingerprint density at radius 1 is 0.818 bits per heavy atom. The summed E-state index contributed by atoms with van der Waals surface area (Å²) >= 11 is 0. The van der Waals surface area contributed by atoms with Gasteiger partial charge >= 0.3 is 0 Å². The van der Waals surface area contributed by atoms with Gasteiger partial charge in [0.2, 0.25) is 0 Å². The highest BCUT2D eigenvalue weighted by Crippen LogP contribution is 2.29. The Hall–Kier alpha value is -2.34. The molecule has 0 fully saturated rings. The highest BCUT2D eigenvalue weighted by molar-refractivity contribution is 5.93. The van der Waals surface area contributed by atoms with Crippen LogP contribution in [0.5, 0.6) is 0 Å². The molecule has 0 N–H and O–H groups in total. The maximum atomic E-state index is 2.35. The fraction of sp³-hybridized carbons (Fsp3) is 0.182. The molecule has 110 valence electrons. The molecule has 2 aromatic carbocycles. The first-order valence-electron chi connectivity index (χ1n) is 7.95. The van der Waals surface area contributed by atoms with Crippen LogP contribution in [0.25, 0.3) is 11.6 Å². The molecule has 0 aliphatic heterocycles. The first kappa shape index (κ1) is 14.6. The van der Waals surface area contributed by atoms with E-state index in [0.717, 1.165) is 12.8 Å². The van der Waals surface area contributed by atoms with Crippen LogP contribution in [0.3, 0.4) is 0 Å². The van der Waals surface area contributed by atoms with Crippen molar-refractivity contribution in [2.75, 3.05) is 0 Å². The molecule has 0 unspecified atom stereocenters. The fourth-order valence-corrected chi connectivity index (χ4v) is 2.71. The van der Waals surface area contributed by atoms with Crippen LogP contribution < -0.4 is 0 Å². The molecular formula is C22H22. The van der Waals surface area contributed by atoms with Crippen LogP contribution in [-0.2, 0) is 0 Å². The molecule has 0 atom stereocenters. The quantitative estimate of drug-likeness (QED) is 0.596. The van der Waals surface area contributed by atoms with Crippen molar-refractivity contribution < 1.29 is 0 Å². The van der Waals surface area contributed by atoms with E-state index in [9.17, 15) is 0 Å². The minimum atomic E-state index is 1.13. The van der Waals surface area contributed by atoms with E-state index in [1.807, 2.05) is 0 Å². The smallest absolute Gasteiger partial charge is 0.0109 e. The maximum Gasteiger partial charge on any atom is -0.0109 e. The van der Waals surface area contributed by atoms with Gasteiger partial charge in [0.05, 0.1) is 0 Å². The molecule has 22 heavy (non-hydrogen) atoms. The van der Waals surface area contributed by atoms with Crippen LogP contribution in [0.4, 0.5) is 0 Å². The summed E-state index contributed by atoms with van der Waals surface area (Å²) in [6.07, 6.45) is 11.4. The number of rotatable bonds is 3. The van der Waals surface area contributed by atoms with Crippen molar-refractivity contribution in [3.8, 4) is 0 Å². The summed E-state index contributed by atoms with van der Waals surface area (Å²) in [6.45, 7) is 4.26. The predicted molar refractivity (Wildman–Crippen MR) is 96.7 cm³/mol. The molecule has 0 radical (unpaired) electrons. The van der Waals surface area contributed by atoms with Gasteiger partial charge in [0.15, 0.2) is 0 Å². The molecule has 1 aliphatic carbocycles. The largest absolute Gasteiger partial charge is 0.0836 e. The van der Waals surface area contributed by atoms with E-state index in [0.29, 0.717) is 0 Å². The fourth-order valence-electron chi connectivity index (χ4n) is 2.71. The molecular weight excluding hydrogens is 264 g/mol. The van der Waals surface area contributed by atoms with E-state index in [1.54, 1.807) is 0 Å². The molecule has 2 aromatic rings. The third-order valence-corrected chi connectivity index (χ3v) is 4.06. The summed E-state index contributed by atoms with van der Waals surface area (Å²) in [6, 6.07) is 17.5. The number of hydrogen-bond donors (Lipinski definition) is 0. The second-order valence-electron chi connectivity index (χ2n) is 5.97. The summed E-state index contributed by atoms with van der Waals surface area (Å²) < 4.78 is 0. The minimum absolute atomic E-state index is 1.13. The number of hydrogen-bond acceptors (Lipinski definition) is 0. The molecule has 0 saturated carbocycles. The highest BCUT2D eigenvalue weighted by Gasteiger charge is 2.08. The van der Waals surface area contributed by atoms with E-state index < -0.39 is 0 Å². The van der Waals surface area contributed by atoms with Crippen LogP contribution in [0.2, 0.25) is 0 Å². The molecule has 0 bridgehead atoms. The molecule has 0 nitrogen and oxygen atoms in total. The van der Waals surface area contributed by atoms with E-state index in [-0.39, 0.29) is 0 Å². The Balaban J connectivity index is 2.06. The van der Waals surface area contributed by atoms with Gasteiger partial charge in [0.1, 0.15) is 0 Å². The van der Waals surface area contributed by atoms with Gasteiger partial charge in [-0.3, -0.25) is 0 Å². The van der Waals surface area contributed by atoms with Gasteiger partial charge in [-0.15, -0.1) is 0 Å². The summed E-state index contributed by atoms with van der Waals surface area (Å²) in [7, 11) is 0. The summed E-state index contributed by atoms with van der Waals surface area (Å²) in [5, 5.41) is 0. The van der Waals surface area contributed by atoms with E-state index in [1.165, 1.54) is 33.4 Å². The molecule has 0 heterocycles. The molecule has 0 heteroatoms. The van der Waals surface area contributed by atoms with E-state index in [2.05, 4.69) is 86.7 Å². The van der Waals surface area contributed by atoms with Crippen LogP contribution >= 0.6 is 0 Å². The van der Waals surface area contributed by atoms with Gasteiger partial charge in [-0.2, -0.15) is 0 Å². The zero-order chi connectivity index (χ0) is 15.4. The van der Waals surface area contributed by atoms with Crippen molar-refractivity contribution in [1.82, 2.24) is 0 Å². The molecule has 0 amide bonds. The van der Waals surface area contributed by atoms with Gasteiger partial charge in [-0.05, 0) is 55.0 Å². The lowest BCUT2D eigenvalue weighted by Gasteiger charge is -2.13. The van der Waals surface area contributed by atoms with Crippen LogP contribution in [0, 0.1) is 13.8 Å². The van der Waals surface area contributed by atoms with Crippen molar-refractivity contribution in [1.29, 1.82) is 0 Å². The SMILES string of the molecule is Cc1ccc(/C=C(\C2=CCCC=C2)c2ccc(C)cc2)cc1. The van der Waals surface area contributed by atoms with Crippen molar-refractivity contribution in [2.24, 2.45) is 0 Å². The van der Waals surface area contributed by atoms with Crippen LogP contribution in [-0.4, -0.2) is 0 Å². The molecule has 0 saturated heterocycles. The topological polar surface area (TPSA) is 0 Å².